The van der Waals surface area contributed by atoms with Crippen LogP contribution >= 0.6 is 33.9 Å². The van der Waals surface area contributed by atoms with Crippen LogP contribution in [0.1, 0.15) is 11.1 Å². The maximum absolute atomic E-state index is 12.8. The van der Waals surface area contributed by atoms with Crippen LogP contribution in [0.3, 0.4) is 0 Å². The maximum atomic E-state index is 12.8. The van der Waals surface area contributed by atoms with Crippen molar-refractivity contribution in [3.63, 3.8) is 0 Å². The highest BCUT2D eigenvalue weighted by Crippen LogP contribution is 2.30. The Labute approximate surface area is 159 Å². The SMILES string of the molecule is FC(F)(F)c1ccc(I)c(C=NNc2nc(-c3ccccc3)cs2)c1. The van der Waals surface area contributed by atoms with Crippen LogP contribution < -0.4 is 5.43 Å². The molecule has 128 valence electrons. The van der Waals surface area contributed by atoms with E-state index in [1.165, 1.54) is 23.6 Å². The van der Waals surface area contributed by atoms with Crippen molar-refractivity contribution < 1.29 is 13.2 Å². The molecule has 0 radical (unpaired) electrons. The molecule has 3 rings (SSSR count). The number of halogens is 4. The molecule has 0 unspecified atom stereocenters. The Morgan fingerprint density at radius 2 is 1.88 bits per heavy atom. The van der Waals surface area contributed by atoms with Gasteiger partial charge in [0.05, 0.1) is 17.5 Å². The van der Waals surface area contributed by atoms with E-state index in [9.17, 15) is 13.2 Å². The van der Waals surface area contributed by atoms with Crippen LogP contribution in [-0.2, 0) is 6.18 Å². The van der Waals surface area contributed by atoms with E-state index in [1.807, 2.05) is 58.3 Å². The summed E-state index contributed by atoms with van der Waals surface area (Å²) in [5.74, 6) is 0. The van der Waals surface area contributed by atoms with Gasteiger partial charge in [-0.15, -0.1) is 11.3 Å². The Kier molecular flexibility index (Phi) is 5.38. The number of nitrogens with one attached hydrogen (secondary N) is 1. The number of benzene rings is 2. The zero-order valence-electron chi connectivity index (χ0n) is 12.6. The summed E-state index contributed by atoms with van der Waals surface area (Å²) in [6.07, 6.45) is -3.01. The quantitative estimate of drug-likeness (QED) is 0.292. The summed E-state index contributed by atoms with van der Waals surface area (Å²) < 4.78 is 39.0. The molecule has 1 aromatic heterocycles. The van der Waals surface area contributed by atoms with Crippen molar-refractivity contribution in [3.8, 4) is 11.3 Å². The number of hydrogen-bond donors (Lipinski definition) is 1. The summed E-state index contributed by atoms with van der Waals surface area (Å²) in [6, 6.07) is 13.2. The first kappa shape index (κ1) is 17.9. The first-order valence-corrected chi connectivity index (χ1v) is 9.06. The van der Waals surface area contributed by atoms with Crippen molar-refractivity contribution >= 4 is 45.3 Å². The van der Waals surface area contributed by atoms with Gasteiger partial charge < -0.3 is 0 Å². The summed E-state index contributed by atoms with van der Waals surface area (Å²) in [5, 5.41) is 6.46. The number of anilines is 1. The second-order valence-corrected chi connectivity index (χ2v) is 7.03. The summed E-state index contributed by atoms with van der Waals surface area (Å²) >= 11 is 3.35. The van der Waals surface area contributed by atoms with E-state index >= 15 is 0 Å². The highest BCUT2D eigenvalue weighted by atomic mass is 127. The van der Waals surface area contributed by atoms with Crippen LogP contribution in [0.5, 0.6) is 0 Å². The molecule has 0 fully saturated rings. The number of hydrazone groups is 1. The minimum atomic E-state index is -4.37. The molecular formula is C17H11F3IN3S. The maximum Gasteiger partial charge on any atom is 0.416 e. The van der Waals surface area contributed by atoms with Crippen molar-refractivity contribution in [3.05, 3.63) is 68.6 Å². The van der Waals surface area contributed by atoms with Crippen LogP contribution in [0.15, 0.2) is 59.0 Å². The van der Waals surface area contributed by atoms with Gasteiger partial charge in [-0.3, -0.25) is 5.43 Å². The number of thiazole rings is 1. The summed E-state index contributed by atoms with van der Waals surface area (Å²) in [5.41, 5.74) is 4.26. The molecule has 0 amide bonds. The second-order valence-electron chi connectivity index (χ2n) is 5.01. The molecule has 2 aromatic carbocycles. The number of alkyl halides is 3. The van der Waals surface area contributed by atoms with Gasteiger partial charge in [-0.25, -0.2) is 4.98 Å². The smallest absolute Gasteiger partial charge is 0.253 e. The summed E-state index contributed by atoms with van der Waals surface area (Å²) in [6.45, 7) is 0. The largest absolute Gasteiger partial charge is 0.416 e. The van der Waals surface area contributed by atoms with Crippen LogP contribution in [0.4, 0.5) is 18.3 Å². The van der Waals surface area contributed by atoms with E-state index in [1.54, 1.807) is 0 Å². The van der Waals surface area contributed by atoms with Gasteiger partial charge in [0.2, 0.25) is 5.13 Å². The third kappa shape index (κ3) is 4.57. The molecule has 0 atom stereocenters. The van der Waals surface area contributed by atoms with Crippen molar-refractivity contribution in [2.75, 3.05) is 5.43 Å². The molecule has 0 aliphatic rings. The van der Waals surface area contributed by atoms with Crippen LogP contribution in [-0.4, -0.2) is 11.2 Å². The molecule has 0 saturated heterocycles. The Bertz CT molecular complexity index is 892. The van der Waals surface area contributed by atoms with E-state index in [2.05, 4.69) is 15.5 Å². The van der Waals surface area contributed by atoms with E-state index in [0.29, 0.717) is 14.3 Å². The molecule has 3 nitrogen and oxygen atoms in total. The fraction of sp³-hybridized carbons (Fsp3) is 0.0588. The van der Waals surface area contributed by atoms with Gasteiger partial charge in [0.15, 0.2) is 0 Å². The first-order chi connectivity index (χ1) is 11.9. The van der Waals surface area contributed by atoms with Gasteiger partial charge in [-0.1, -0.05) is 30.3 Å². The average molecular weight is 473 g/mol. The predicted molar refractivity (Wildman–Crippen MR) is 103 cm³/mol. The molecular weight excluding hydrogens is 462 g/mol. The third-order valence-corrected chi connectivity index (χ3v) is 4.99. The Balaban J connectivity index is 1.73. The molecule has 1 N–H and O–H groups in total. The number of aromatic nitrogens is 1. The topological polar surface area (TPSA) is 37.3 Å². The third-order valence-electron chi connectivity index (χ3n) is 3.26. The lowest BCUT2D eigenvalue weighted by molar-refractivity contribution is -0.137. The standard InChI is InChI=1S/C17H11F3IN3S/c18-17(19,20)13-6-7-14(21)12(8-13)9-22-24-16-23-15(10-25-16)11-4-2-1-3-5-11/h1-10H,(H,23,24). The molecule has 0 spiro atoms. The average Bonchev–Trinajstić information content (AvgIpc) is 3.05. The number of nitrogens with zero attached hydrogens (tertiary/aromatic N) is 2. The second kappa shape index (κ2) is 7.52. The van der Waals surface area contributed by atoms with E-state index < -0.39 is 11.7 Å². The summed E-state index contributed by atoms with van der Waals surface area (Å²) in [4.78, 5) is 4.40. The first-order valence-electron chi connectivity index (χ1n) is 7.10. The zero-order valence-corrected chi connectivity index (χ0v) is 15.6. The number of hydrogen-bond acceptors (Lipinski definition) is 4. The van der Waals surface area contributed by atoms with Gasteiger partial charge >= 0.3 is 6.18 Å². The van der Waals surface area contributed by atoms with Crippen LogP contribution in [0.25, 0.3) is 11.3 Å². The van der Waals surface area contributed by atoms with E-state index in [4.69, 9.17) is 0 Å². The molecule has 25 heavy (non-hydrogen) atoms. The molecule has 0 bridgehead atoms. The molecule has 3 aromatic rings. The fourth-order valence-corrected chi connectivity index (χ4v) is 3.19. The lowest BCUT2D eigenvalue weighted by atomic mass is 10.1. The molecule has 1 heterocycles. The van der Waals surface area contributed by atoms with Gasteiger partial charge in [-0.2, -0.15) is 18.3 Å². The van der Waals surface area contributed by atoms with Crippen LogP contribution in [0, 0.1) is 3.57 Å². The normalized spacial score (nSPS) is 11.8. The Morgan fingerprint density at radius 1 is 1.12 bits per heavy atom. The van der Waals surface area contributed by atoms with E-state index in [0.717, 1.165) is 23.4 Å². The zero-order chi connectivity index (χ0) is 17.9. The predicted octanol–water partition coefficient (Wildman–Crippen LogP) is 5.88. The minimum Gasteiger partial charge on any atom is -0.253 e. The lowest BCUT2D eigenvalue weighted by Crippen LogP contribution is -2.06. The van der Waals surface area contributed by atoms with Crippen molar-refractivity contribution in [1.29, 1.82) is 0 Å². The Morgan fingerprint density at radius 3 is 2.60 bits per heavy atom. The highest BCUT2D eigenvalue weighted by Gasteiger charge is 2.30. The van der Waals surface area contributed by atoms with Gasteiger partial charge in [0, 0.05) is 20.1 Å². The van der Waals surface area contributed by atoms with Gasteiger partial charge in [-0.05, 0) is 40.8 Å². The highest BCUT2D eigenvalue weighted by molar-refractivity contribution is 14.1. The van der Waals surface area contributed by atoms with Crippen molar-refractivity contribution in [2.45, 2.75) is 6.18 Å². The molecule has 0 aliphatic heterocycles. The minimum absolute atomic E-state index is 0.391. The summed E-state index contributed by atoms with van der Waals surface area (Å²) in [7, 11) is 0. The number of rotatable bonds is 4. The molecule has 8 heteroatoms. The fourth-order valence-electron chi connectivity index (χ4n) is 2.04. The lowest BCUT2D eigenvalue weighted by Gasteiger charge is -2.08. The van der Waals surface area contributed by atoms with Crippen molar-refractivity contribution in [1.82, 2.24) is 4.98 Å². The monoisotopic (exact) mass is 473 g/mol. The Hall–Kier alpha value is -1.94. The van der Waals surface area contributed by atoms with Gasteiger partial charge in [0.25, 0.3) is 0 Å². The van der Waals surface area contributed by atoms with Crippen molar-refractivity contribution in [2.24, 2.45) is 5.10 Å². The van der Waals surface area contributed by atoms with E-state index in [-0.39, 0.29) is 0 Å². The molecule has 0 saturated carbocycles. The van der Waals surface area contributed by atoms with Crippen LogP contribution in [0.2, 0.25) is 0 Å². The molecule has 0 aliphatic carbocycles. The van der Waals surface area contributed by atoms with Gasteiger partial charge in [0.1, 0.15) is 0 Å².